The van der Waals surface area contributed by atoms with Gasteiger partial charge >= 0.3 is 0 Å². The summed E-state index contributed by atoms with van der Waals surface area (Å²) in [7, 11) is 0. The molecule has 0 aliphatic rings. The fraction of sp³-hybridized carbons (Fsp3) is 0.200. The summed E-state index contributed by atoms with van der Waals surface area (Å²) >= 11 is 0. The molecule has 4 nitrogen and oxygen atoms in total. The van der Waals surface area contributed by atoms with Crippen LogP contribution in [0, 0.1) is 27.7 Å². The smallest absolute Gasteiger partial charge is 0.255 e. The van der Waals surface area contributed by atoms with Gasteiger partial charge in [-0.05, 0) is 63.1 Å². The predicted molar refractivity (Wildman–Crippen MR) is 96.9 cm³/mol. The topological polar surface area (TPSA) is 46.9 Å². The summed E-state index contributed by atoms with van der Waals surface area (Å²) < 4.78 is 1.88. The molecule has 0 saturated heterocycles. The number of carbonyl (C=O) groups is 1. The van der Waals surface area contributed by atoms with Crippen LogP contribution in [0.25, 0.3) is 5.69 Å². The van der Waals surface area contributed by atoms with Crippen LogP contribution in [0.15, 0.2) is 48.5 Å². The van der Waals surface area contributed by atoms with Gasteiger partial charge in [0.15, 0.2) is 0 Å². The van der Waals surface area contributed by atoms with Crippen molar-refractivity contribution in [3.63, 3.8) is 0 Å². The molecule has 1 N–H and O–H groups in total. The Balaban J connectivity index is 1.95. The highest BCUT2D eigenvalue weighted by atomic mass is 16.1. The molecule has 0 radical (unpaired) electrons. The van der Waals surface area contributed by atoms with Crippen LogP contribution in [0.5, 0.6) is 0 Å². The second-order valence-electron chi connectivity index (χ2n) is 6.05. The maximum atomic E-state index is 12.4. The van der Waals surface area contributed by atoms with Gasteiger partial charge in [0.2, 0.25) is 0 Å². The Labute approximate surface area is 142 Å². The van der Waals surface area contributed by atoms with Crippen molar-refractivity contribution in [1.82, 2.24) is 9.78 Å². The van der Waals surface area contributed by atoms with Crippen molar-refractivity contribution in [3.05, 3.63) is 76.6 Å². The van der Waals surface area contributed by atoms with Gasteiger partial charge in [0.1, 0.15) is 0 Å². The number of hydrogen-bond acceptors (Lipinski definition) is 2. The van der Waals surface area contributed by atoms with E-state index in [-0.39, 0.29) is 5.91 Å². The van der Waals surface area contributed by atoms with Crippen LogP contribution in [0.1, 0.15) is 32.9 Å². The number of nitrogens with zero attached hydrogens (tertiary/aromatic N) is 2. The van der Waals surface area contributed by atoms with Crippen LogP contribution >= 0.6 is 0 Å². The van der Waals surface area contributed by atoms with Gasteiger partial charge in [-0.3, -0.25) is 4.79 Å². The Morgan fingerprint density at radius 2 is 1.67 bits per heavy atom. The summed E-state index contributed by atoms with van der Waals surface area (Å²) in [6.07, 6.45) is 0. The number of rotatable bonds is 3. The van der Waals surface area contributed by atoms with Gasteiger partial charge in [0, 0.05) is 5.56 Å². The van der Waals surface area contributed by atoms with Crippen molar-refractivity contribution in [2.75, 3.05) is 5.32 Å². The quantitative estimate of drug-likeness (QED) is 0.780. The van der Waals surface area contributed by atoms with Crippen molar-refractivity contribution in [2.24, 2.45) is 0 Å². The van der Waals surface area contributed by atoms with Crippen LogP contribution in [-0.2, 0) is 0 Å². The number of benzene rings is 2. The fourth-order valence-corrected chi connectivity index (χ4v) is 2.71. The molecule has 122 valence electrons. The lowest BCUT2D eigenvalue weighted by atomic mass is 10.1. The predicted octanol–water partition coefficient (Wildman–Crippen LogP) is 4.36. The Bertz CT molecular complexity index is 895. The normalized spacial score (nSPS) is 10.7. The van der Waals surface area contributed by atoms with Crippen molar-refractivity contribution in [3.8, 4) is 5.69 Å². The minimum atomic E-state index is -0.124. The molecule has 2 aromatic carbocycles. The van der Waals surface area contributed by atoms with Crippen molar-refractivity contribution < 1.29 is 4.79 Å². The van der Waals surface area contributed by atoms with E-state index in [1.54, 1.807) is 12.1 Å². The number of carbonyl (C=O) groups excluding carboxylic acids is 1. The minimum absolute atomic E-state index is 0.124. The summed E-state index contributed by atoms with van der Waals surface area (Å²) in [5, 5.41) is 7.59. The van der Waals surface area contributed by atoms with Gasteiger partial charge in [-0.15, -0.1) is 0 Å². The third-order valence-corrected chi connectivity index (χ3v) is 4.30. The summed E-state index contributed by atoms with van der Waals surface area (Å²) in [4.78, 5) is 12.4. The fourth-order valence-electron chi connectivity index (χ4n) is 2.71. The maximum absolute atomic E-state index is 12.4. The minimum Gasteiger partial charge on any atom is -0.319 e. The summed E-state index contributed by atoms with van der Waals surface area (Å²) in [6.45, 7) is 8.05. The van der Waals surface area contributed by atoms with Gasteiger partial charge in [-0.1, -0.05) is 24.3 Å². The van der Waals surface area contributed by atoms with E-state index in [2.05, 4.69) is 36.4 Å². The van der Waals surface area contributed by atoms with Crippen LogP contribution in [0.4, 0.5) is 5.69 Å². The third kappa shape index (κ3) is 2.95. The molecule has 24 heavy (non-hydrogen) atoms. The number of aryl methyl sites for hydroxylation is 3. The molecule has 1 aromatic heterocycles. The van der Waals surface area contributed by atoms with Crippen LogP contribution < -0.4 is 5.32 Å². The molecule has 0 unspecified atom stereocenters. The molecule has 4 heteroatoms. The molecule has 3 aromatic rings. The van der Waals surface area contributed by atoms with Crippen molar-refractivity contribution >= 4 is 11.6 Å². The van der Waals surface area contributed by atoms with Gasteiger partial charge in [-0.25, -0.2) is 4.68 Å². The zero-order chi connectivity index (χ0) is 17.3. The van der Waals surface area contributed by atoms with Crippen LogP contribution in [0.2, 0.25) is 0 Å². The highest BCUT2D eigenvalue weighted by Gasteiger charge is 2.16. The molecule has 0 saturated carbocycles. The third-order valence-electron chi connectivity index (χ3n) is 4.30. The van der Waals surface area contributed by atoms with Gasteiger partial charge in [0.05, 0.1) is 22.8 Å². The van der Waals surface area contributed by atoms with Crippen molar-refractivity contribution in [2.45, 2.75) is 27.7 Å². The molecule has 1 amide bonds. The average molecular weight is 319 g/mol. The zero-order valence-electron chi connectivity index (χ0n) is 14.4. The van der Waals surface area contributed by atoms with Crippen LogP contribution in [0.3, 0.4) is 0 Å². The first-order valence-electron chi connectivity index (χ1n) is 7.97. The first-order chi connectivity index (χ1) is 11.5. The SMILES string of the molecule is Cc1ccc(-n2nc(C)c(NC(=O)c3ccccc3)c2C)cc1C. The number of amides is 1. The average Bonchev–Trinajstić information content (AvgIpc) is 2.86. The summed E-state index contributed by atoms with van der Waals surface area (Å²) in [5.74, 6) is -0.124. The number of anilines is 1. The van der Waals surface area contributed by atoms with E-state index in [0.717, 1.165) is 22.8 Å². The van der Waals surface area contributed by atoms with E-state index in [1.807, 2.05) is 42.8 Å². The molecule has 0 aliphatic heterocycles. The van der Waals surface area contributed by atoms with Crippen LogP contribution in [-0.4, -0.2) is 15.7 Å². The molecule has 0 fully saturated rings. The molecular weight excluding hydrogens is 298 g/mol. The molecule has 1 heterocycles. The molecule has 3 rings (SSSR count). The second-order valence-corrected chi connectivity index (χ2v) is 6.05. The van der Waals surface area contributed by atoms with E-state index >= 15 is 0 Å². The Morgan fingerprint density at radius 1 is 0.958 bits per heavy atom. The Morgan fingerprint density at radius 3 is 2.33 bits per heavy atom. The monoisotopic (exact) mass is 319 g/mol. The number of aromatic nitrogens is 2. The Kier molecular flexibility index (Phi) is 4.21. The largest absolute Gasteiger partial charge is 0.319 e. The first-order valence-corrected chi connectivity index (χ1v) is 7.97. The molecule has 0 spiro atoms. The van der Waals surface area contributed by atoms with Gasteiger partial charge in [0.25, 0.3) is 5.91 Å². The van der Waals surface area contributed by atoms with Gasteiger partial charge in [-0.2, -0.15) is 5.10 Å². The van der Waals surface area contributed by atoms with Gasteiger partial charge < -0.3 is 5.32 Å². The first kappa shape index (κ1) is 16.0. The lowest BCUT2D eigenvalue weighted by molar-refractivity contribution is 0.102. The maximum Gasteiger partial charge on any atom is 0.255 e. The molecular formula is C20H21N3O. The molecule has 0 aliphatic carbocycles. The Hall–Kier alpha value is -2.88. The summed E-state index contributed by atoms with van der Waals surface area (Å²) in [5.41, 5.74) is 6.58. The highest BCUT2D eigenvalue weighted by Crippen LogP contribution is 2.24. The lowest BCUT2D eigenvalue weighted by Gasteiger charge is -2.09. The number of nitrogens with one attached hydrogen (secondary N) is 1. The van der Waals surface area contributed by atoms with E-state index in [4.69, 9.17) is 0 Å². The van der Waals surface area contributed by atoms with E-state index < -0.39 is 0 Å². The standard InChI is InChI=1S/C20H21N3O/c1-13-10-11-18(12-14(13)2)23-16(4)19(15(3)22-23)21-20(24)17-8-6-5-7-9-17/h5-12H,1-4H3,(H,21,24). The molecule has 0 atom stereocenters. The zero-order valence-corrected chi connectivity index (χ0v) is 14.4. The van der Waals surface area contributed by atoms with E-state index in [9.17, 15) is 4.79 Å². The second kappa shape index (κ2) is 6.32. The lowest BCUT2D eigenvalue weighted by Crippen LogP contribution is -2.13. The van der Waals surface area contributed by atoms with Crippen molar-refractivity contribution in [1.29, 1.82) is 0 Å². The van der Waals surface area contributed by atoms with E-state index in [0.29, 0.717) is 5.56 Å². The summed E-state index contributed by atoms with van der Waals surface area (Å²) in [6, 6.07) is 15.4. The van der Waals surface area contributed by atoms with E-state index in [1.165, 1.54) is 11.1 Å². The number of hydrogen-bond donors (Lipinski definition) is 1. The highest BCUT2D eigenvalue weighted by molar-refractivity contribution is 6.04. The molecule has 0 bridgehead atoms.